The lowest BCUT2D eigenvalue weighted by Gasteiger charge is -2.31. The maximum atomic E-state index is 10.3. The molecule has 2 aliphatic heterocycles. The first kappa shape index (κ1) is 17.8. The number of ether oxygens (including phenoxy) is 1. The first-order valence-electron chi connectivity index (χ1n) is 6.98. The van der Waals surface area contributed by atoms with Crippen molar-refractivity contribution < 1.29 is 14.9 Å². The molecule has 4 N–H and O–H groups in total. The zero-order chi connectivity index (χ0) is 16.7. The van der Waals surface area contributed by atoms with Gasteiger partial charge in [-0.1, -0.05) is 6.58 Å². The second-order valence-electron chi connectivity index (χ2n) is 6.29. The Morgan fingerprint density at radius 2 is 2.09 bits per heavy atom. The van der Waals surface area contributed by atoms with Crippen LogP contribution in [0.1, 0.15) is 6.42 Å². The molecule has 8 heteroatoms. The van der Waals surface area contributed by atoms with Crippen molar-refractivity contribution in [2.45, 2.75) is 31.0 Å². The Morgan fingerprint density at radius 3 is 2.68 bits per heavy atom. The Hall–Kier alpha value is -0.590. The zero-order valence-electron chi connectivity index (χ0n) is 12.8. The van der Waals surface area contributed by atoms with Crippen LogP contribution in [0.15, 0.2) is 28.1 Å². The third kappa shape index (κ3) is 3.84. The highest BCUT2D eigenvalue weighted by atomic mass is 79.9. The average molecular weight is 392 g/mol. The summed E-state index contributed by atoms with van der Waals surface area (Å²) in [6.07, 6.45) is 4.22. The van der Waals surface area contributed by atoms with Crippen molar-refractivity contribution >= 4 is 35.0 Å². The van der Waals surface area contributed by atoms with Gasteiger partial charge < -0.3 is 25.6 Å². The first-order chi connectivity index (χ1) is 10.1. The molecular weight excluding hydrogens is 369 g/mol. The fourth-order valence-electron chi connectivity index (χ4n) is 2.41. The number of nitrogens with two attached hydrogens (primary N) is 1. The van der Waals surface area contributed by atoms with E-state index in [1.807, 2.05) is 0 Å². The number of rotatable bonds is 4. The Labute approximate surface area is 139 Å². The van der Waals surface area contributed by atoms with E-state index in [4.69, 9.17) is 10.5 Å². The van der Waals surface area contributed by atoms with E-state index in [9.17, 15) is 10.2 Å². The van der Waals surface area contributed by atoms with Gasteiger partial charge in [-0.05, 0) is 41.8 Å². The predicted octanol–water partition coefficient (Wildman–Crippen LogP) is 0.913. The van der Waals surface area contributed by atoms with Crippen molar-refractivity contribution in [3.8, 4) is 0 Å². The van der Waals surface area contributed by atoms with Crippen LogP contribution in [0.2, 0.25) is 0 Å². The van der Waals surface area contributed by atoms with E-state index in [0.29, 0.717) is 22.6 Å². The summed E-state index contributed by atoms with van der Waals surface area (Å²) >= 11 is 3.29. The molecule has 124 valence electrons. The van der Waals surface area contributed by atoms with Crippen molar-refractivity contribution in [2.24, 2.45) is 10.7 Å². The minimum absolute atomic E-state index is 0.314. The van der Waals surface area contributed by atoms with E-state index in [1.165, 1.54) is 0 Å². The van der Waals surface area contributed by atoms with E-state index < -0.39 is 31.4 Å². The normalized spacial score (nSPS) is 33.0. The molecule has 6 nitrogen and oxygen atoms in total. The summed E-state index contributed by atoms with van der Waals surface area (Å²) in [4.78, 5) is 5.68. The zero-order valence-corrected chi connectivity index (χ0v) is 15.3. The molecule has 22 heavy (non-hydrogen) atoms. The third-order valence-electron chi connectivity index (χ3n) is 3.67. The van der Waals surface area contributed by atoms with Gasteiger partial charge >= 0.3 is 0 Å². The number of aliphatic hydroxyl groups excluding tert-OH is 2. The quantitative estimate of drug-likeness (QED) is 0.619. The number of halogens is 1. The van der Waals surface area contributed by atoms with Gasteiger partial charge in [-0.2, -0.15) is 0 Å². The van der Waals surface area contributed by atoms with E-state index in [-0.39, 0.29) is 0 Å². The van der Waals surface area contributed by atoms with Gasteiger partial charge in [0.05, 0.1) is 10.6 Å². The molecule has 0 bridgehead atoms. The summed E-state index contributed by atoms with van der Waals surface area (Å²) in [6.45, 7) is 6.86. The molecule has 0 saturated carbocycles. The molecule has 1 fully saturated rings. The van der Waals surface area contributed by atoms with Gasteiger partial charge in [0, 0.05) is 6.20 Å². The van der Waals surface area contributed by atoms with Gasteiger partial charge in [-0.3, -0.25) is 0 Å². The predicted molar refractivity (Wildman–Crippen MR) is 95.7 cm³/mol. The van der Waals surface area contributed by atoms with E-state index in [2.05, 4.69) is 47.1 Å². The van der Waals surface area contributed by atoms with Gasteiger partial charge in [0.1, 0.15) is 23.9 Å². The number of nitrogens with zero attached hydrogens (tertiary/aromatic N) is 2. The summed E-state index contributed by atoms with van der Waals surface area (Å²) in [5, 5.41) is 20.5. The van der Waals surface area contributed by atoms with Crippen molar-refractivity contribution in [3.63, 3.8) is 0 Å². The average Bonchev–Trinajstić information content (AvgIpc) is 2.68. The summed E-state index contributed by atoms with van der Waals surface area (Å²) in [7, 11) is 0. The highest BCUT2D eigenvalue weighted by molar-refractivity contribution is 9.12. The molecular formula is C14H23BrN3O3P. The van der Waals surface area contributed by atoms with Crippen LogP contribution >= 0.6 is 22.8 Å². The van der Waals surface area contributed by atoms with Crippen LogP contribution in [0.25, 0.3) is 0 Å². The van der Waals surface area contributed by atoms with E-state index >= 15 is 0 Å². The molecule has 0 aromatic rings. The lowest BCUT2D eigenvalue weighted by atomic mass is 10.1. The maximum absolute atomic E-state index is 10.3. The molecule has 2 aliphatic rings. The van der Waals surface area contributed by atoms with Gasteiger partial charge in [-0.15, -0.1) is 13.2 Å². The monoisotopic (exact) mass is 391 g/mol. The summed E-state index contributed by atoms with van der Waals surface area (Å²) in [5.74, 6) is 0.678. The van der Waals surface area contributed by atoms with Crippen LogP contribution in [0, 0.1) is 0 Å². The Kier molecular flexibility index (Phi) is 5.24. The number of aliphatic imine (C=N–C) groups is 1. The van der Waals surface area contributed by atoms with Crippen molar-refractivity contribution in [3.05, 3.63) is 23.1 Å². The van der Waals surface area contributed by atoms with Crippen molar-refractivity contribution in [2.75, 3.05) is 19.5 Å². The second-order valence-corrected chi connectivity index (χ2v) is 11.5. The van der Waals surface area contributed by atoms with E-state index in [1.54, 1.807) is 11.1 Å². The lowest BCUT2D eigenvalue weighted by Crippen LogP contribution is -2.42. The van der Waals surface area contributed by atoms with Crippen LogP contribution in [0.4, 0.5) is 0 Å². The number of aliphatic hydroxyl groups is 2. The van der Waals surface area contributed by atoms with Gasteiger partial charge in [-0.25, -0.2) is 4.99 Å². The molecule has 4 atom stereocenters. The van der Waals surface area contributed by atoms with Crippen LogP contribution in [-0.2, 0) is 4.74 Å². The van der Waals surface area contributed by atoms with Gasteiger partial charge in [0.25, 0.3) is 0 Å². The molecule has 2 heterocycles. The highest BCUT2D eigenvalue weighted by Crippen LogP contribution is 2.39. The van der Waals surface area contributed by atoms with Crippen LogP contribution in [0.3, 0.4) is 0 Å². The number of hydrogen-bond donors (Lipinski definition) is 3. The second kappa shape index (κ2) is 6.49. The van der Waals surface area contributed by atoms with Crippen molar-refractivity contribution in [1.82, 2.24) is 4.90 Å². The van der Waals surface area contributed by atoms with E-state index in [0.717, 1.165) is 6.16 Å². The highest BCUT2D eigenvalue weighted by Gasteiger charge is 2.45. The molecule has 0 amide bonds. The molecule has 2 unspecified atom stereocenters. The van der Waals surface area contributed by atoms with Crippen LogP contribution < -0.4 is 5.73 Å². The fourth-order valence-corrected chi connectivity index (χ4v) is 3.67. The van der Waals surface area contributed by atoms with Crippen LogP contribution in [-0.4, -0.2) is 71.3 Å². The number of hydrogen-bond acceptors (Lipinski definition) is 6. The van der Waals surface area contributed by atoms with Gasteiger partial charge in [0.15, 0.2) is 6.23 Å². The minimum Gasteiger partial charge on any atom is -0.388 e. The smallest absolute Gasteiger partial charge is 0.164 e. The van der Waals surface area contributed by atoms with Crippen LogP contribution in [0.5, 0.6) is 0 Å². The summed E-state index contributed by atoms with van der Waals surface area (Å²) in [5.41, 5.74) is 5.71. The summed E-state index contributed by atoms with van der Waals surface area (Å²) in [6, 6.07) is 0. The standard InChI is InChI=1S/C14H23BrN3O3P/c1-8-17-13(16)9(15)7-18(8)14-12(20)11(19)10(21-14)5-6-22(2,3)4/h7,10-12,14,19-20H,1-2,5-6H2,3-4H3,(H2,16,17)/t10?,11-,12-,14?/m1/s1. The van der Waals surface area contributed by atoms with Gasteiger partial charge in [0.2, 0.25) is 0 Å². The first-order valence-corrected chi connectivity index (χ1v) is 10.8. The summed E-state index contributed by atoms with van der Waals surface area (Å²) < 4.78 is 6.44. The molecule has 1 saturated heterocycles. The molecule has 0 aromatic carbocycles. The van der Waals surface area contributed by atoms with Crippen molar-refractivity contribution in [1.29, 1.82) is 0 Å². The maximum Gasteiger partial charge on any atom is 0.164 e. The number of amidine groups is 1. The lowest BCUT2D eigenvalue weighted by molar-refractivity contribution is -0.0578. The molecule has 0 aliphatic carbocycles. The Bertz CT molecular complexity index is 572. The largest absolute Gasteiger partial charge is 0.388 e. The SMILES string of the molecule is C=C1N=C(N)C(Br)=CN1C1OC(CCP(=C)(C)C)[C@@H](O)[C@H]1O. The Balaban J connectivity index is 2.10. The third-order valence-corrected chi connectivity index (χ3v) is 5.75. The fraction of sp³-hybridized carbons (Fsp3) is 0.571. The molecule has 0 spiro atoms. The molecule has 0 radical (unpaired) electrons. The Morgan fingerprint density at radius 1 is 1.45 bits per heavy atom. The minimum atomic E-state index is -1.21. The molecule has 0 aromatic heterocycles. The topological polar surface area (TPSA) is 91.3 Å². The molecule has 2 rings (SSSR count).